The van der Waals surface area contributed by atoms with Crippen LogP contribution in [0.3, 0.4) is 0 Å². The second-order valence-corrected chi connectivity index (χ2v) is 7.53. The number of nitrogens with one attached hydrogen (secondary N) is 1. The van der Waals surface area contributed by atoms with Crippen LogP contribution < -0.4 is 5.32 Å². The molecule has 4 heteroatoms. The number of halogens is 1. The zero-order valence-corrected chi connectivity index (χ0v) is 13.0. The van der Waals surface area contributed by atoms with Gasteiger partial charge in [-0.15, -0.1) is 11.3 Å². The van der Waals surface area contributed by atoms with Crippen LogP contribution in [0.15, 0.2) is 15.2 Å². The third-order valence-corrected chi connectivity index (χ3v) is 4.58. The Bertz CT molecular complexity index is 349. The van der Waals surface area contributed by atoms with Crippen molar-refractivity contribution < 1.29 is 0 Å². The summed E-state index contributed by atoms with van der Waals surface area (Å²) in [6.07, 6.45) is 2.76. The molecule has 1 saturated carbocycles. The van der Waals surface area contributed by atoms with Gasteiger partial charge in [0.05, 0.1) is 3.79 Å². The Hall–Kier alpha value is 0.100. The van der Waals surface area contributed by atoms with Crippen LogP contribution >= 0.6 is 27.3 Å². The van der Waals surface area contributed by atoms with Crippen LogP contribution in [0, 0.1) is 5.92 Å². The Morgan fingerprint density at radius 3 is 2.94 bits per heavy atom. The molecule has 0 radical (unpaired) electrons. The molecule has 0 aromatic carbocycles. The zero-order chi connectivity index (χ0) is 12.3. The topological polar surface area (TPSA) is 15.3 Å². The number of hydrogen-bond acceptors (Lipinski definition) is 3. The summed E-state index contributed by atoms with van der Waals surface area (Å²) in [7, 11) is 2.21. The summed E-state index contributed by atoms with van der Waals surface area (Å²) in [5.74, 6) is 0.725. The third-order valence-electron chi connectivity index (χ3n) is 3.03. The predicted octanol–water partition coefficient (Wildman–Crippen LogP) is 3.33. The molecule has 2 nitrogen and oxygen atoms in total. The van der Waals surface area contributed by atoms with E-state index in [4.69, 9.17) is 0 Å². The van der Waals surface area contributed by atoms with Crippen molar-refractivity contribution in [3.05, 3.63) is 20.8 Å². The lowest BCUT2D eigenvalue weighted by Gasteiger charge is -2.21. The van der Waals surface area contributed by atoms with E-state index >= 15 is 0 Å². The Labute approximate surface area is 117 Å². The lowest BCUT2D eigenvalue weighted by Crippen LogP contribution is -2.31. The molecule has 1 aromatic rings. The van der Waals surface area contributed by atoms with Gasteiger partial charge in [-0.1, -0.05) is 6.92 Å². The van der Waals surface area contributed by atoms with Crippen molar-refractivity contribution in [3.63, 3.8) is 0 Å². The molecular formula is C13H21BrN2S. The van der Waals surface area contributed by atoms with E-state index in [-0.39, 0.29) is 0 Å². The number of thiophene rings is 1. The molecule has 0 saturated heterocycles. The van der Waals surface area contributed by atoms with E-state index < -0.39 is 0 Å². The summed E-state index contributed by atoms with van der Waals surface area (Å²) < 4.78 is 1.23. The molecule has 0 bridgehead atoms. The van der Waals surface area contributed by atoms with E-state index in [0.29, 0.717) is 0 Å². The first-order chi connectivity index (χ1) is 8.13. The fourth-order valence-corrected chi connectivity index (χ4v) is 3.26. The summed E-state index contributed by atoms with van der Waals surface area (Å²) in [5, 5.41) is 5.83. The van der Waals surface area contributed by atoms with Crippen LogP contribution in [0.4, 0.5) is 0 Å². The molecule has 1 aliphatic carbocycles. The van der Waals surface area contributed by atoms with Crippen molar-refractivity contribution >= 4 is 27.3 Å². The summed E-state index contributed by atoms with van der Waals surface area (Å²) in [5.41, 5.74) is 1.41. The van der Waals surface area contributed by atoms with Crippen LogP contribution in [0.25, 0.3) is 0 Å². The highest BCUT2D eigenvalue weighted by atomic mass is 79.9. The molecule has 0 amide bonds. The van der Waals surface area contributed by atoms with Gasteiger partial charge in [-0.2, -0.15) is 0 Å². The standard InChI is InChI=1S/C13H21BrN2S/c1-10(6-15-12-3-4-12)7-16(2)8-11-5-13(14)17-9-11/h5,9-10,12,15H,3-4,6-8H2,1-2H3. The highest BCUT2D eigenvalue weighted by molar-refractivity contribution is 9.11. The van der Waals surface area contributed by atoms with E-state index in [2.05, 4.69) is 51.6 Å². The fraction of sp³-hybridized carbons (Fsp3) is 0.692. The van der Waals surface area contributed by atoms with Gasteiger partial charge in [-0.05, 0) is 65.3 Å². The molecule has 17 heavy (non-hydrogen) atoms. The van der Waals surface area contributed by atoms with Crippen molar-refractivity contribution in [1.82, 2.24) is 10.2 Å². The largest absolute Gasteiger partial charge is 0.314 e. The summed E-state index contributed by atoms with van der Waals surface area (Å²) in [4.78, 5) is 2.41. The van der Waals surface area contributed by atoms with Gasteiger partial charge >= 0.3 is 0 Å². The number of nitrogens with zero attached hydrogens (tertiary/aromatic N) is 1. The maximum atomic E-state index is 3.60. The molecule has 2 rings (SSSR count). The van der Waals surface area contributed by atoms with Gasteiger partial charge in [0, 0.05) is 19.1 Å². The zero-order valence-electron chi connectivity index (χ0n) is 10.6. The first-order valence-corrected chi connectivity index (χ1v) is 7.95. The highest BCUT2D eigenvalue weighted by Gasteiger charge is 2.21. The minimum absolute atomic E-state index is 0.725. The smallest absolute Gasteiger partial charge is 0.0701 e. The van der Waals surface area contributed by atoms with Gasteiger partial charge in [0.1, 0.15) is 0 Å². The molecule has 1 fully saturated rings. The maximum Gasteiger partial charge on any atom is 0.0701 e. The summed E-state index contributed by atoms with van der Waals surface area (Å²) in [6.45, 7) is 5.70. The minimum atomic E-state index is 0.725. The Kier molecular flexibility index (Phi) is 5.03. The summed E-state index contributed by atoms with van der Waals surface area (Å²) in [6, 6.07) is 3.05. The van der Waals surface area contributed by atoms with E-state index in [1.807, 2.05) is 0 Å². The number of hydrogen-bond donors (Lipinski definition) is 1. The Morgan fingerprint density at radius 2 is 2.35 bits per heavy atom. The Balaban J connectivity index is 1.66. The molecule has 1 heterocycles. The van der Waals surface area contributed by atoms with Crippen LogP contribution in [0.2, 0.25) is 0 Å². The molecule has 1 N–H and O–H groups in total. The van der Waals surface area contributed by atoms with Gasteiger partial charge in [0.25, 0.3) is 0 Å². The van der Waals surface area contributed by atoms with E-state index in [1.165, 1.54) is 22.2 Å². The molecule has 0 aliphatic heterocycles. The van der Waals surface area contributed by atoms with E-state index in [0.717, 1.165) is 31.6 Å². The van der Waals surface area contributed by atoms with E-state index in [9.17, 15) is 0 Å². The van der Waals surface area contributed by atoms with Crippen molar-refractivity contribution in [2.45, 2.75) is 32.4 Å². The fourth-order valence-electron chi connectivity index (χ4n) is 2.06. The quantitative estimate of drug-likeness (QED) is 0.830. The van der Waals surface area contributed by atoms with Crippen molar-refractivity contribution in [2.24, 2.45) is 5.92 Å². The Morgan fingerprint density at radius 1 is 1.59 bits per heavy atom. The summed E-state index contributed by atoms with van der Waals surface area (Å²) >= 11 is 5.28. The normalized spacial score (nSPS) is 17.6. The SMILES string of the molecule is CC(CNC1CC1)CN(C)Cc1csc(Br)c1. The predicted molar refractivity (Wildman–Crippen MR) is 78.5 cm³/mol. The lowest BCUT2D eigenvalue weighted by atomic mass is 10.1. The molecule has 1 aromatic heterocycles. The molecule has 96 valence electrons. The van der Waals surface area contributed by atoms with E-state index in [1.54, 1.807) is 11.3 Å². The molecule has 0 spiro atoms. The van der Waals surface area contributed by atoms with Crippen molar-refractivity contribution in [2.75, 3.05) is 20.1 Å². The van der Waals surface area contributed by atoms with Crippen LogP contribution in [-0.4, -0.2) is 31.1 Å². The van der Waals surface area contributed by atoms with Crippen LogP contribution in [0.1, 0.15) is 25.3 Å². The van der Waals surface area contributed by atoms with Crippen molar-refractivity contribution in [1.29, 1.82) is 0 Å². The van der Waals surface area contributed by atoms with Gasteiger partial charge in [0.15, 0.2) is 0 Å². The molecule has 1 atom stereocenters. The lowest BCUT2D eigenvalue weighted by molar-refractivity contribution is 0.274. The monoisotopic (exact) mass is 316 g/mol. The molecule has 1 unspecified atom stereocenters. The van der Waals surface area contributed by atoms with Crippen molar-refractivity contribution in [3.8, 4) is 0 Å². The van der Waals surface area contributed by atoms with Gasteiger partial charge in [-0.3, -0.25) is 0 Å². The second kappa shape index (κ2) is 6.32. The van der Waals surface area contributed by atoms with Crippen LogP contribution in [0.5, 0.6) is 0 Å². The maximum absolute atomic E-state index is 3.60. The van der Waals surface area contributed by atoms with Gasteiger partial charge in [0.2, 0.25) is 0 Å². The molecule has 1 aliphatic rings. The average molecular weight is 317 g/mol. The third kappa shape index (κ3) is 5.08. The highest BCUT2D eigenvalue weighted by Crippen LogP contribution is 2.22. The van der Waals surface area contributed by atoms with Crippen LogP contribution in [-0.2, 0) is 6.54 Å². The van der Waals surface area contributed by atoms with Gasteiger partial charge in [-0.25, -0.2) is 0 Å². The number of rotatable bonds is 7. The first-order valence-electron chi connectivity index (χ1n) is 6.28. The second-order valence-electron chi connectivity index (χ2n) is 5.24. The minimum Gasteiger partial charge on any atom is -0.314 e. The van der Waals surface area contributed by atoms with Gasteiger partial charge < -0.3 is 10.2 Å². The first kappa shape index (κ1) is 13.5. The average Bonchev–Trinajstić information content (AvgIpc) is 3.00. The molecular weight excluding hydrogens is 296 g/mol.